The van der Waals surface area contributed by atoms with E-state index in [1.165, 1.54) is 20.5 Å². The fraction of sp³-hybridized carbons (Fsp3) is 0.727. The zero-order chi connectivity index (χ0) is 15.9. The summed E-state index contributed by atoms with van der Waals surface area (Å²) < 4.78 is 11.0. The molecular weight excluding hydrogens is 287 g/mol. The van der Waals surface area contributed by atoms with Crippen molar-refractivity contribution in [3.63, 3.8) is 0 Å². The van der Waals surface area contributed by atoms with E-state index in [1.807, 2.05) is 0 Å². The Morgan fingerprint density at radius 1 is 1.15 bits per heavy atom. The van der Waals surface area contributed by atoms with E-state index in [0.29, 0.717) is 0 Å². The van der Waals surface area contributed by atoms with Crippen LogP contribution in [-0.2, 0) is 18.9 Å². The van der Waals surface area contributed by atoms with E-state index in [9.17, 15) is 18.9 Å². The number of carboxylic acids is 1. The van der Waals surface area contributed by atoms with Gasteiger partial charge >= 0.3 is 5.97 Å². The van der Waals surface area contributed by atoms with Crippen molar-refractivity contribution in [1.29, 1.82) is 0 Å². The van der Waals surface area contributed by atoms with Crippen LogP contribution in [0.15, 0.2) is 0 Å². The van der Waals surface area contributed by atoms with Gasteiger partial charge in [-0.05, 0) is 20.3 Å². The molecule has 2 amide bonds. The van der Waals surface area contributed by atoms with Crippen LogP contribution in [0, 0.1) is 0 Å². The zero-order valence-corrected chi connectivity index (χ0v) is 12.6. The standard InChI is InChI=1S/C11H21N2O6P/c1-7(10(15)13-8(2)11(16)17)12-9(14)5-4-6-20(3,18)19/h7-8H,4-6H2,1-3H3,(H,12,14)(H,13,15)(H,16,17)(H,18,19)/t7-,8-/m0/s1. The second-order valence-electron chi connectivity index (χ2n) is 4.74. The monoisotopic (exact) mass is 308 g/mol. The average Bonchev–Trinajstić information content (AvgIpc) is 2.26. The van der Waals surface area contributed by atoms with Gasteiger partial charge in [0.05, 0.1) is 0 Å². The third kappa shape index (κ3) is 8.66. The smallest absolute Gasteiger partial charge is 0.325 e. The van der Waals surface area contributed by atoms with Gasteiger partial charge in [-0.25, -0.2) is 0 Å². The lowest BCUT2D eigenvalue weighted by Gasteiger charge is -2.16. The summed E-state index contributed by atoms with van der Waals surface area (Å²) in [7, 11) is -3.13. The van der Waals surface area contributed by atoms with E-state index >= 15 is 0 Å². The van der Waals surface area contributed by atoms with E-state index in [-0.39, 0.29) is 19.0 Å². The van der Waals surface area contributed by atoms with Gasteiger partial charge in [0.2, 0.25) is 11.8 Å². The summed E-state index contributed by atoms with van der Waals surface area (Å²) in [5.74, 6) is -2.20. The Morgan fingerprint density at radius 2 is 1.70 bits per heavy atom. The first-order valence-corrected chi connectivity index (χ1v) is 8.44. The topological polar surface area (TPSA) is 133 Å². The van der Waals surface area contributed by atoms with Crippen LogP contribution in [0.5, 0.6) is 0 Å². The number of hydrogen-bond donors (Lipinski definition) is 4. The molecular formula is C11H21N2O6P. The van der Waals surface area contributed by atoms with Crippen molar-refractivity contribution in [2.45, 2.75) is 38.8 Å². The van der Waals surface area contributed by atoms with Crippen LogP contribution in [-0.4, -0.2) is 52.7 Å². The number of amides is 2. The van der Waals surface area contributed by atoms with Gasteiger partial charge in [0, 0.05) is 19.2 Å². The fourth-order valence-electron chi connectivity index (χ4n) is 1.31. The molecule has 0 saturated heterocycles. The molecule has 0 heterocycles. The average molecular weight is 308 g/mol. The van der Waals surface area contributed by atoms with E-state index in [0.717, 1.165) is 0 Å². The molecule has 0 aliphatic heterocycles. The number of aliphatic carboxylic acids is 1. The molecule has 0 fully saturated rings. The van der Waals surface area contributed by atoms with Crippen molar-refractivity contribution >= 4 is 25.2 Å². The minimum Gasteiger partial charge on any atom is -0.480 e. The number of carbonyl (C=O) groups excluding carboxylic acids is 2. The van der Waals surface area contributed by atoms with Crippen LogP contribution in [0.3, 0.4) is 0 Å². The molecule has 3 atom stereocenters. The molecule has 20 heavy (non-hydrogen) atoms. The van der Waals surface area contributed by atoms with Crippen molar-refractivity contribution < 1.29 is 28.9 Å². The van der Waals surface area contributed by atoms with Gasteiger partial charge < -0.3 is 20.6 Å². The number of carbonyl (C=O) groups is 3. The van der Waals surface area contributed by atoms with Gasteiger partial charge in [-0.3, -0.25) is 18.9 Å². The number of nitrogens with one attached hydrogen (secondary N) is 2. The van der Waals surface area contributed by atoms with Crippen LogP contribution >= 0.6 is 7.37 Å². The maximum atomic E-state index is 11.6. The first kappa shape index (κ1) is 18.6. The second-order valence-corrected chi connectivity index (χ2v) is 7.29. The van der Waals surface area contributed by atoms with E-state index in [2.05, 4.69) is 10.6 Å². The van der Waals surface area contributed by atoms with Crippen molar-refractivity contribution in [2.24, 2.45) is 0 Å². The molecule has 0 radical (unpaired) electrons. The lowest BCUT2D eigenvalue weighted by Crippen LogP contribution is -2.49. The Morgan fingerprint density at radius 3 is 2.15 bits per heavy atom. The van der Waals surface area contributed by atoms with Crippen molar-refractivity contribution in [3.05, 3.63) is 0 Å². The maximum absolute atomic E-state index is 11.6. The van der Waals surface area contributed by atoms with Crippen LogP contribution in [0.4, 0.5) is 0 Å². The SMILES string of the molecule is C[C@H](NC(=O)[C@H](C)NC(=O)CCCP(C)(=O)O)C(=O)O. The quantitative estimate of drug-likeness (QED) is 0.457. The molecule has 116 valence electrons. The van der Waals surface area contributed by atoms with E-state index in [4.69, 9.17) is 10.00 Å². The second kappa shape index (κ2) is 8.01. The summed E-state index contributed by atoms with van der Waals surface area (Å²) in [4.78, 5) is 42.7. The van der Waals surface area contributed by atoms with Crippen LogP contribution in [0.25, 0.3) is 0 Å². The molecule has 0 aromatic rings. The van der Waals surface area contributed by atoms with Gasteiger partial charge in [0.15, 0.2) is 7.37 Å². The van der Waals surface area contributed by atoms with Gasteiger partial charge in [-0.2, -0.15) is 0 Å². The van der Waals surface area contributed by atoms with Crippen molar-refractivity contribution in [3.8, 4) is 0 Å². The van der Waals surface area contributed by atoms with Crippen molar-refractivity contribution in [1.82, 2.24) is 10.6 Å². The molecule has 0 aromatic carbocycles. The third-order valence-electron chi connectivity index (χ3n) is 2.48. The molecule has 4 N–H and O–H groups in total. The highest BCUT2D eigenvalue weighted by atomic mass is 31.2. The molecule has 0 bridgehead atoms. The number of rotatable bonds is 8. The molecule has 0 aliphatic carbocycles. The minimum atomic E-state index is -3.13. The van der Waals surface area contributed by atoms with Crippen LogP contribution < -0.4 is 10.6 Å². The number of carboxylic acid groups (broad SMARTS) is 1. The molecule has 9 heteroatoms. The minimum absolute atomic E-state index is 0.0322. The summed E-state index contributed by atoms with van der Waals surface area (Å²) in [6.45, 7) is 3.96. The molecule has 8 nitrogen and oxygen atoms in total. The lowest BCUT2D eigenvalue weighted by molar-refractivity contribution is -0.141. The van der Waals surface area contributed by atoms with Crippen LogP contribution in [0.1, 0.15) is 26.7 Å². The summed E-state index contributed by atoms with van der Waals surface area (Å²) in [5.41, 5.74) is 0. The summed E-state index contributed by atoms with van der Waals surface area (Å²) in [6.07, 6.45) is 0.317. The first-order chi connectivity index (χ1) is 9.03. The number of hydrogen-bond acceptors (Lipinski definition) is 4. The van der Waals surface area contributed by atoms with Gasteiger partial charge in [0.1, 0.15) is 12.1 Å². The molecule has 0 rings (SSSR count). The van der Waals surface area contributed by atoms with Crippen molar-refractivity contribution in [2.75, 3.05) is 12.8 Å². The predicted molar refractivity (Wildman–Crippen MR) is 72.7 cm³/mol. The summed E-state index contributed by atoms with van der Waals surface area (Å²) >= 11 is 0. The Bertz CT molecular complexity index is 419. The predicted octanol–water partition coefficient (Wildman–Crippen LogP) is -0.239. The fourth-order valence-corrected chi connectivity index (χ4v) is 2.06. The van der Waals surface area contributed by atoms with E-state index < -0.39 is 37.2 Å². The highest BCUT2D eigenvalue weighted by Gasteiger charge is 2.20. The first-order valence-electron chi connectivity index (χ1n) is 6.14. The third-order valence-corrected chi connectivity index (χ3v) is 3.62. The maximum Gasteiger partial charge on any atom is 0.325 e. The normalized spacial score (nSPS) is 16.6. The molecule has 0 aromatic heterocycles. The van der Waals surface area contributed by atoms with Gasteiger partial charge in [-0.1, -0.05) is 0 Å². The van der Waals surface area contributed by atoms with E-state index in [1.54, 1.807) is 0 Å². The molecule has 0 aliphatic rings. The summed E-state index contributed by atoms with van der Waals surface area (Å²) in [5, 5.41) is 13.3. The Labute approximate surface area is 117 Å². The highest BCUT2D eigenvalue weighted by Crippen LogP contribution is 2.35. The molecule has 1 unspecified atom stereocenters. The zero-order valence-electron chi connectivity index (χ0n) is 11.8. The van der Waals surface area contributed by atoms with Crippen LogP contribution in [0.2, 0.25) is 0 Å². The summed E-state index contributed by atoms with van der Waals surface area (Å²) in [6, 6.07) is -1.91. The Kier molecular flexibility index (Phi) is 7.45. The molecule has 0 saturated carbocycles. The lowest BCUT2D eigenvalue weighted by atomic mass is 10.2. The highest BCUT2D eigenvalue weighted by molar-refractivity contribution is 7.57. The Balaban J connectivity index is 4.09. The van der Waals surface area contributed by atoms with Gasteiger partial charge in [0.25, 0.3) is 0 Å². The molecule has 0 spiro atoms. The Hall–Kier alpha value is -1.40. The van der Waals surface area contributed by atoms with Gasteiger partial charge in [-0.15, -0.1) is 0 Å². The largest absolute Gasteiger partial charge is 0.480 e.